The van der Waals surface area contributed by atoms with Gasteiger partial charge in [-0.1, -0.05) is 6.92 Å². The van der Waals surface area contributed by atoms with Crippen LogP contribution in [0.15, 0.2) is 6.20 Å². The normalized spacial score (nSPS) is 12.7. The van der Waals surface area contributed by atoms with Gasteiger partial charge in [0.1, 0.15) is 0 Å². The molecule has 0 fully saturated rings. The van der Waals surface area contributed by atoms with Gasteiger partial charge in [-0.05, 0) is 13.5 Å². The van der Waals surface area contributed by atoms with Crippen LogP contribution in [0.25, 0.3) is 0 Å². The number of nitrogens with zero attached hydrogens (tertiary/aromatic N) is 2. The number of carbonyl (C=O) groups is 1. The Hall–Kier alpha value is -1.36. The molecule has 0 aliphatic heterocycles. The number of hydrogen-bond donors (Lipinski definition) is 2. The molecule has 0 radical (unpaired) electrons. The van der Waals surface area contributed by atoms with Crippen LogP contribution in [0.1, 0.15) is 30.6 Å². The van der Waals surface area contributed by atoms with Gasteiger partial charge in [0.2, 0.25) is 0 Å². The average Bonchev–Trinajstić information content (AvgIpc) is 2.46. The first kappa shape index (κ1) is 11.7. The van der Waals surface area contributed by atoms with E-state index in [0.717, 1.165) is 17.8 Å². The molecular weight excluding hydrogens is 194 g/mol. The molecule has 5 nitrogen and oxygen atoms in total. The molecule has 1 aromatic heterocycles. The molecule has 1 rings (SSSR count). The van der Waals surface area contributed by atoms with Gasteiger partial charge in [0.15, 0.2) is 0 Å². The Labute approximate surface area is 89.1 Å². The third-order valence-electron chi connectivity index (χ3n) is 2.48. The number of aryl methyl sites for hydroxylation is 1. The summed E-state index contributed by atoms with van der Waals surface area (Å²) in [5.41, 5.74) is 1.96. The van der Waals surface area contributed by atoms with Crippen molar-refractivity contribution in [2.75, 3.05) is 6.54 Å². The lowest BCUT2D eigenvalue weighted by Crippen LogP contribution is -2.24. The van der Waals surface area contributed by atoms with Gasteiger partial charge in [0, 0.05) is 24.3 Å². The summed E-state index contributed by atoms with van der Waals surface area (Å²) >= 11 is 0. The van der Waals surface area contributed by atoms with Gasteiger partial charge in [0.05, 0.1) is 12.6 Å². The highest BCUT2D eigenvalue weighted by Crippen LogP contribution is 2.19. The van der Waals surface area contributed by atoms with Gasteiger partial charge in [-0.15, -0.1) is 0 Å². The predicted octanol–water partition coefficient (Wildman–Crippen LogP) is 0.854. The highest BCUT2D eigenvalue weighted by molar-refractivity contribution is 5.68. The lowest BCUT2D eigenvalue weighted by atomic mass is 10.1. The van der Waals surface area contributed by atoms with Crippen LogP contribution in [0.5, 0.6) is 0 Å². The molecule has 15 heavy (non-hydrogen) atoms. The molecule has 1 atom stereocenters. The fraction of sp³-hybridized carbons (Fsp3) is 0.600. The molecule has 0 saturated carbocycles. The maximum absolute atomic E-state index is 10.7. The average molecular weight is 211 g/mol. The first-order chi connectivity index (χ1) is 7.06. The van der Waals surface area contributed by atoms with Crippen molar-refractivity contribution >= 4 is 5.97 Å². The van der Waals surface area contributed by atoms with Crippen molar-refractivity contribution < 1.29 is 9.90 Å². The van der Waals surface area contributed by atoms with Gasteiger partial charge in [-0.2, -0.15) is 5.10 Å². The molecular formula is C10H17N3O2. The van der Waals surface area contributed by atoms with E-state index in [2.05, 4.69) is 10.4 Å². The van der Waals surface area contributed by atoms with E-state index in [1.165, 1.54) is 0 Å². The van der Waals surface area contributed by atoms with Gasteiger partial charge < -0.3 is 10.4 Å². The van der Waals surface area contributed by atoms with Crippen LogP contribution in [-0.2, 0) is 11.8 Å². The van der Waals surface area contributed by atoms with Gasteiger partial charge in [-0.3, -0.25) is 9.48 Å². The second-order valence-electron chi connectivity index (χ2n) is 3.52. The van der Waals surface area contributed by atoms with Crippen LogP contribution in [0.3, 0.4) is 0 Å². The topological polar surface area (TPSA) is 67.2 Å². The van der Waals surface area contributed by atoms with Gasteiger partial charge >= 0.3 is 5.97 Å². The number of hydrogen-bond acceptors (Lipinski definition) is 3. The van der Waals surface area contributed by atoms with E-state index in [-0.39, 0.29) is 12.5 Å². The Morgan fingerprint density at radius 2 is 2.40 bits per heavy atom. The van der Waals surface area contributed by atoms with E-state index < -0.39 is 5.97 Å². The summed E-state index contributed by atoms with van der Waals surface area (Å²) in [5.74, 6) is -0.802. The molecule has 0 aromatic carbocycles. The number of carboxylic acids is 1. The summed E-state index contributed by atoms with van der Waals surface area (Å²) in [6.45, 7) is 4.64. The summed E-state index contributed by atoms with van der Waals surface area (Å²) in [4.78, 5) is 10.7. The van der Waals surface area contributed by atoms with Crippen LogP contribution in [0.2, 0.25) is 0 Å². The molecule has 1 heterocycles. The predicted molar refractivity (Wildman–Crippen MR) is 56.6 cm³/mol. The van der Waals surface area contributed by atoms with E-state index in [1.54, 1.807) is 10.9 Å². The molecule has 5 heteroatoms. The zero-order valence-corrected chi connectivity index (χ0v) is 9.32. The molecule has 0 amide bonds. The Balaban J connectivity index is 2.88. The second-order valence-corrected chi connectivity index (χ2v) is 3.52. The molecule has 0 aliphatic rings. The second kappa shape index (κ2) is 4.93. The summed E-state index contributed by atoms with van der Waals surface area (Å²) < 4.78 is 1.75. The summed E-state index contributed by atoms with van der Waals surface area (Å²) in [6, 6.07) is -0.152. The van der Waals surface area contributed by atoms with Crippen molar-refractivity contribution in [3.05, 3.63) is 17.5 Å². The fourth-order valence-electron chi connectivity index (χ4n) is 1.57. The van der Waals surface area contributed by atoms with Gasteiger partial charge in [-0.25, -0.2) is 0 Å². The number of aliphatic carboxylic acids is 1. The summed E-state index contributed by atoms with van der Waals surface area (Å²) in [7, 11) is 1.85. The lowest BCUT2D eigenvalue weighted by Gasteiger charge is -2.15. The SMILES string of the molecule is CCNC(CC(=O)O)c1cnn(C)c1C. The molecule has 0 saturated heterocycles. The van der Waals surface area contributed by atoms with Crippen molar-refractivity contribution in [3.63, 3.8) is 0 Å². The Morgan fingerprint density at radius 1 is 1.73 bits per heavy atom. The summed E-state index contributed by atoms with van der Waals surface area (Å²) in [6.07, 6.45) is 1.81. The molecule has 2 N–H and O–H groups in total. The number of carboxylic acid groups (broad SMARTS) is 1. The Kier molecular flexibility index (Phi) is 3.85. The molecule has 0 bridgehead atoms. The molecule has 1 aromatic rings. The van der Waals surface area contributed by atoms with Crippen molar-refractivity contribution in [1.29, 1.82) is 0 Å². The van der Waals surface area contributed by atoms with Crippen LogP contribution >= 0.6 is 0 Å². The Bertz CT molecular complexity index is 346. The molecule has 0 spiro atoms. The van der Waals surface area contributed by atoms with Crippen LogP contribution < -0.4 is 5.32 Å². The lowest BCUT2D eigenvalue weighted by molar-refractivity contribution is -0.137. The van der Waals surface area contributed by atoms with Crippen molar-refractivity contribution in [2.45, 2.75) is 26.3 Å². The third-order valence-corrected chi connectivity index (χ3v) is 2.48. The Morgan fingerprint density at radius 3 is 2.80 bits per heavy atom. The van der Waals surface area contributed by atoms with Crippen molar-refractivity contribution in [1.82, 2.24) is 15.1 Å². The standard InChI is InChI=1S/C10H17N3O2/c1-4-11-9(5-10(14)15)8-6-12-13(3)7(8)2/h6,9,11H,4-5H2,1-3H3,(H,14,15). The zero-order chi connectivity index (χ0) is 11.4. The monoisotopic (exact) mass is 211 g/mol. The van der Waals surface area contributed by atoms with E-state index >= 15 is 0 Å². The molecule has 84 valence electrons. The van der Waals surface area contributed by atoms with E-state index in [4.69, 9.17) is 5.11 Å². The van der Waals surface area contributed by atoms with E-state index in [1.807, 2.05) is 20.9 Å². The van der Waals surface area contributed by atoms with E-state index in [0.29, 0.717) is 0 Å². The number of rotatable bonds is 5. The number of aromatic nitrogens is 2. The first-order valence-corrected chi connectivity index (χ1v) is 5.00. The van der Waals surface area contributed by atoms with Crippen LogP contribution in [0, 0.1) is 6.92 Å². The summed E-state index contributed by atoms with van der Waals surface area (Å²) in [5, 5.41) is 16.1. The zero-order valence-electron chi connectivity index (χ0n) is 9.32. The minimum atomic E-state index is -0.802. The smallest absolute Gasteiger partial charge is 0.305 e. The van der Waals surface area contributed by atoms with Gasteiger partial charge in [0.25, 0.3) is 0 Å². The van der Waals surface area contributed by atoms with Crippen LogP contribution in [0.4, 0.5) is 0 Å². The van der Waals surface area contributed by atoms with Crippen LogP contribution in [-0.4, -0.2) is 27.4 Å². The third kappa shape index (κ3) is 2.79. The molecule has 1 unspecified atom stereocenters. The highest BCUT2D eigenvalue weighted by Gasteiger charge is 2.18. The van der Waals surface area contributed by atoms with Crippen molar-refractivity contribution in [3.8, 4) is 0 Å². The highest BCUT2D eigenvalue weighted by atomic mass is 16.4. The maximum atomic E-state index is 10.7. The molecule has 0 aliphatic carbocycles. The maximum Gasteiger partial charge on any atom is 0.305 e. The first-order valence-electron chi connectivity index (χ1n) is 5.00. The van der Waals surface area contributed by atoms with E-state index in [9.17, 15) is 4.79 Å². The number of nitrogens with one attached hydrogen (secondary N) is 1. The largest absolute Gasteiger partial charge is 0.481 e. The fourth-order valence-corrected chi connectivity index (χ4v) is 1.57. The minimum Gasteiger partial charge on any atom is -0.481 e. The van der Waals surface area contributed by atoms with Crippen molar-refractivity contribution in [2.24, 2.45) is 7.05 Å². The quantitative estimate of drug-likeness (QED) is 0.757. The minimum absolute atomic E-state index is 0.0837.